The molecular weight excluding hydrogens is 316 g/mol. The number of aromatic nitrogens is 5. The highest BCUT2D eigenvalue weighted by Crippen LogP contribution is 2.25. The third-order valence-electron chi connectivity index (χ3n) is 4.04. The molecule has 3 aromatic heterocycles. The Morgan fingerprint density at radius 1 is 1.20 bits per heavy atom. The van der Waals surface area contributed by atoms with Crippen LogP contribution in [0.5, 0.6) is 0 Å². The number of benzene rings is 1. The zero-order valence-electron chi connectivity index (χ0n) is 13.8. The molecule has 7 heteroatoms. The molecule has 3 heterocycles. The van der Waals surface area contributed by atoms with Gasteiger partial charge >= 0.3 is 0 Å². The van der Waals surface area contributed by atoms with Gasteiger partial charge in [0.05, 0.1) is 22.9 Å². The average Bonchev–Trinajstić information content (AvgIpc) is 3.00. The highest BCUT2D eigenvalue weighted by atomic mass is 16.1. The van der Waals surface area contributed by atoms with Gasteiger partial charge in [-0.05, 0) is 30.7 Å². The summed E-state index contributed by atoms with van der Waals surface area (Å²) in [5.41, 5.74) is 10.7. The second-order valence-electron chi connectivity index (χ2n) is 5.96. The van der Waals surface area contributed by atoms with Crippen LogP contribution in [0.3, 0.4) is 0 Å². The van der Waals surface area contributed by atoms with Crippen LogP contribution in [-0.4, -0.2) is 24.5 Å². The molecule has 126 valence electrons. The zero-order valence-corrected chi connectivity index (χ0v) is 13.8. The minimum atomic E-state index is -0.0833. The summed E-state index contributed by atoms with van der Waals surface area (Å²) in [5.74, 6) is 0.863. The van der Waals surface area contributed by atoms with Crippen LogP contribution in [0, 0.1) is 6.92 Å². The third kappa shape index (κ3) is 2.65. The first-order chi connectivity index (χ1) is 12.0. The molecular formula is C18H18N6O. The highest BCUT2D eigenvalue weighted by molar-refractivity contribution is 5.81. The Labute approximate surface area is 144 Å². The first-order valence-electron chi connectivity index (χ1n) is 7.77. The van der Waals surface area contributed by atoms with Gasteiger partial charge in [-0.15, -0.1) is 0 Å². The monoisotopic (exact) mass is 334 g/mol. The number of nitrogens with two attached hydrogens (primary N) is 1. The number of pyridine rings is 1. The van der Waals surface area contributed by atoms with E-state index in [-0.39, 0.29) is 6.99 Å². The lowest BCUT2D eigenvalue weighted by atomic mass is 10.2. The van der Waals surface area contributed by atoms with Crippen LogP contribution in [0.25, 0.3) is 33.8 Å². The maximum Gasteiger partial charge on any atom is 0.250 e. The highest BCUT2D eigenvalue weighted by Gasteiger charge is 2.13. The number of aryl methyl sites for hydroxylation is 2. The van der Waals surface area contributed by atoms with Crippen LogP contribution in [0.4, 0.5) is 5.82 Å². The van der Waals surface area contributed by atoms with Gasteiger partial charge in [-0.2, -0.15) is 0 Å². The lowest BCUT2D eigenvalue weighted by molar-refractivity contribution is 0.861. The minimum absolute atomic E-state index is 0. The van der Waals surface area contributed by atoms with Crippen molar-refractivity contribution in [2.45, 2.75) is 6.92 Å². The first-order valence-corrected chi connectivity index (χ1v) is 7.77. The van der Waals surface area contributed by atoms with E-state index < -0.39 is 0 Å². The van der Waals surface area contributed by atoms with E-state index in [2.05, 4.69) is 19.9 Å². The molecule has 0 unspecified atom stereocenters. The molecule has 4 rings (SSSR count). The molecule has 0 amide bonds. The Hall–Kier alpha value is -3.48. The van der Waals surface area contributed by atoms with Crippen molar-refractivity contribution in [1.29, 1.82) is 0 Å². The Bertz CT molecular complexity index is 1160. The number of hydrogen-bond donors (Lipinski definition) is 2. The van der Waals surface area contributed by atoms with E-state index in [1.807, 2.05) is 25.1 Å². The molecule has 1 aromatic carbocycles. The Morgan fingerprint density at radius 2 is 2.04 bits per heavy atom. The largest absolute Gasteiger partial charge is 0.382 e. The lowest BCUT2D eigenvalue weighted by Gasteiger charge is -2.06. The number of hydrogen-bond acceptors (Lipinski definition) is 5. The molecule has 3 N–H and O–H groups in total. The van der Waals surface area contributed by atoms with E-state index in [1.54, 1.807) is 25.5 Å². The molecule has 0 saturated heterocycles. The van der Waals surface area contributed by atoms with Crippen molar-refractivity contribution in [3.63, 3.8) is 0 Å². The van der Waals surface area contributed by atoms with Crippen LogP contribution < -0.4 is 11.3 Å². The van der Waals surface area contributed by atoms with Crippen LogP contribution in [0.15, 0.2) is 47.5 Å². The van der Waals surface area contributed by atoms with Crippen LogP contribution in [0.2, 0.25) is 0 Å². The van der Waals surface area contributed by atoms with E-state index in [1.165, 1.54) is 10.6 Å². The number of anilines is 1. The summed E-state index contributed by atoms with van der Waals surface area (Å²) in [7, 11) is 1.69. The van der Waals surface area contributed by atoms with Gasteiger partial charge in [-0.1, -0.05) is 6.07 Å². The number of nitrogens with one attached hydrogen (secondary N) is 1. The summed E-state index contributed by atoms with van der Waals surface area (Å²) in [4.78, 5) is 28.2. The van der Waals surface area contributed by atoms with Gasteiger partial charge in [0.1, 0.15) is 5.69 Å². The van der Waals surface area contributed by atoms with E-state index in [9.17, 15) is 4.79 Å². The molecule has 25 heavy (non-hydrogen) atoms. The van der Waals surface area contributed by atoms with E-state index in [4.69, 9.17) is 5.73 Å². The lowest BCUT2D eigenvalue weighted by Crippen LogP contribution is -2.14. The normalized spacial score (nSPS) is 11.1. The summed E-state index contributed by atoms with van der Waals surface area (Å²) in [6.45, 7) is 2.02. The van der Waals surface area contributed by atoms with Gasteiger partial charge in [-0.3, -0.25) is 4.79 Å². The second-order valence-corrected chi connectivity index (χ2v) is 5.96. The predicted molar refractivity (Wildman–Crippen MR) is 99.1 cm³/mol. The van der Waals surface area contributed by atoms with Crippen LogP contribution in [-0.2, 0) is 7.05 Å². The molecule has 0 aliphatic carbocycles. The van der Waals surface area contributed by atoms with Crippen molar-refractivity contribution < 1.29 is 1.43 Å². The van der Waals surface area contributed by atoms with Crippen LogP contribution >= 0.6 is 0 Å². The molecule has 0 radical (unpaired) electrons. The molecule has 0 aliphatic rings. The van der Waals surface area contributed by atoms with E-state index >= 15 is 0 Å². The average molecular weight is 334 g/mol. The van der Waals surface area contributed by atoms with E-state index in [0.717, 1.165) is 22.2 Å². The van der Waals surface area contributed by atoms with E-state index in [0.29, 0.717) is 23.0 Å². The number of H-pyrrole nitrogens is 1. The van der Waals surface area contributed by atoms with Gasteiger partial charge in [0.15, 0.2) is 11.6 Å². The molecule has 0 fully saturated rings. The first kappa shape index (κ1) is 15.1. The Morgan fingerprint density at radius 3 is 2.84 bits per heavy atom. The van der Waals surface area contributed by atoms with Gasteiger partial charge in [0, 0.05) is 26.3 Å². The maximum atomic E-state index is 11.6. The third-order valence-corrected chi connectivity index (χ3v) is 4.04. The quantitative estimate of drug-likeness (QED) is 0.586. The number of nitrogens with zero attached hydrogens (tertiary/aromatic N) is 4. The summed E-state index contributed by atoms with van der Waals surface area (Å²) >= 11 is 0. The van der Waals surface area contributed by atoms with Gasteiger partial charge in [-0.25, -0.2) is 15.0 Å². The summed E-state index contributed by atoms with van der Waals surface area (Å²) in [6, 6.07) is 9.19. The van der Waals surface area contributed by atoms with Crippen molar-refractivity contribution in [3.05, 3.63) is 58.6 Å². The van der Waals surface area contributed by atoms with Crippen molar-refractivity contribution in [3.8, 4) is 22.8 Å². The van der Waals surface area contributed by atoms with Crippen molar-refractivity contribution >= 4 is 16.9 Å². The summed E-state index contributed by atoms with van der Waals surface area (Å²) in [6.07, 6.45) is 3.31. The molecule has 0 saturated carbocycles. The molecule has 7 nitrogen and oxygen atoms in total. The molecule has 0 bridgehead atoms. The molecule has 4 aromatic rings. The fraction of sp³-hybridized carbons (Fsp3) is 0.111. The zero-order chi connectivity index (χ0) is 17.6. The Balaban J connectivity index is 0.00000196. The SMILES string of the molecule is Cc1ccc2nc(-c3nc(-c4ccc(=O)n(C)c4)cnc3N)[nH]c2c1.[HH]. The molecule has 0 spiro atoms. The number of aromatic amines is 1. The van der Waals surface area contributed by atoms with Crippen LogP contribution in [0.1, 0.15) is 6.99 Å². The standard InChI is InChI=1S/C18H16N6O.H2/c1-10-3-5-12-13(7-10)23-18(22-12)16-17(19)20-8-14(21-16)11-4-6-15(25)24(2)9-11;/h3-9H,1-2H3,(H2,19,20)(H,22,23);1H. The fourth-order valence-corrected chi connectivity index (χ4v) is 2.69. The second kappa shape index (κ2) is 5.55. The van der Waals surface area contributed by atoms with Gasteiger partial charge in [0.2, 0.25) is 5.56 Å². The fourth-order valence-electron chi connectivity index (χ4n) is 2.69. The van der Waals surface area contributed by atoms with Crippen molar-refractivity contribution in [1.82, 2.24) is 24.5 Å². The van der Waals surface area contributed by atoms with Crippen molar-refractivity contribution in [2.24, 2.45) is 7.05 Å². The van der Waals surface area contributed by atoms with Crippen molar-refractivity contribution in [2.75, 3.05) is 5.73 Å². The summed E-state index contributed by atoms with van der Waals surface area (Å²) in [5, 5.41) is 0. The predicted octanol–water partition coefficient (Wildman–Crippen LogP) is 2.52. The minimum Gasteiger partial charge on any atom is -0.382 e. The number of rotatable bonds is 2. The number of imidazole rings is 1. The maximum absolute atomic E-state index is 11.6. The Kier molecular flexibility index (Phi) is 3.35. The number of fused-ring (bicyclic) bond motifs is 1. The smallest absolute Gasteiger partial charge is 0.250 e. The van der Waals surface area contributed by atoms with Gasteiger partial charge in [0.25, 0.3) is 0 Å². The number of nitrogen functional groups attached to an aromatic ring is 1. The molecule has 0 aliphatic heterocycles. The summed E-state index contributed by atoms with van der Waals surface area (Å²) < 4.78 is 1.50. The molecule has 0 atom stereocenters. The van der Waals surface area contributed by atoms with Gasteiger partial charge < -0.3 is 15.3 Å². The topological polar surface area (TPSA) is 102 Å².